The van der Waals surface area contributed by atoms with E-state index < -0.39 is 43.6 Å². The van der Waals surface area contributed by atoms with E-state index in [0.29, 0.717) is 27.6 Å². The van der Waals surface area contributed by atoms with Crippen molar-refractivity contribution in [3.63, 3.8) is 0 Å². The highest BCUT2D eigenvalue weighted by molar-refractivity contribution is 7.15. The van der Waals surface area contributed by atoms with E-state index in [0.717, 1.165) is 23.5 Å². The Bertz CT molecular complexity index is 1510. The number of nitrogens with zero attached hydrogens (tertiary/aromatic N) is 2. The van der Waals surface area contributed by atoms with Gasteiger partial charge < -0.3 is 14.8 Å². The predicted octanol–water partition coefficient (Wildman–Crippen LogP) is 8.62. The van der Waals surface area contributed by atoms with Crippen molar-refractivity contribution in [2.45, 2.75) is 81.9 Å². The largest absolute Gasteiger partial charge is 0.465 e. The van der Waals surface area contributed by atoms with Crippen molar-refractivity contribution in [1.29, 1.82) is 0 Å². The smallest absolute Gasteiger partial charge is 0.407 e. The van der Waals surface area contributed by atoms with Crippen molar-refractivity contribution in [2.75, 3.05) is 0 Å². The highest BCUT2D eigenvalue weighted by Gasteiger charge is 2.57. The molecule has 1 aromatic carbocycles. The third-order valence-electron chi connectivity index (χ3n) is 8.15. The molecule has 0 bridgehead atoms. The van der Waals surface area contributed by atoms with Crippen LogP contribution in [0.4, 0.5) is 22.4 Å². The molecule has 12 heteroatoms. The Hall–Kier alpha value is -3.09. The van der Waals surface area contributed by atoms with Crippen molar-refractivity contribution in [2.24, 2.45) is 0 Å². The van der Waals surface area contributed by atoms with E-state index in [4.69, 9.17) is 9.53 Å². The fourth-order valence-corrected chi connectivity index (χ4v) is 7.19. The van der Waals surface area contributed by atoms with Crippen molar-refractivity contribution in [3.05, 3.63) is 71.9 Å². The van der Waals surface area contributed by atoms with Crippen LogP contribution in [0, 0.1) is 5.95 Å². The number of carbonyl (C=O) groups is 1. The van der Waals surface area contributed by atoms with E-state index in [2.05, 4.69) is 15.3 Å². The summed E-state index contributed by atoms with van der Waals surface area (Å²) in [6, 6.07) is 6.04. The number of amides is 1. The average Bonchev–Trinajstić information content (AvgIpc) is 3.36. The molecule has 1 atom stereocenters. The Morgan fingerprint density at radius 1 is 1.07 bits per heavy atom. The number of aromatic nitrogens is 2. The highest BCUT2D eigenvalue weighted by Crippen LogP contribution is 2.51. The molecule has 0 saturated carbocycles. The van der Waals surface area contributed by atoms with Crippen LogP contribution in [-0.4, -0.2) is 47.3 Å². The van der Waals surface area contributed by atoms with Crippen LogP contribution < -0.4 is 5.32 Å². The van der Waals surface area contributed by atoms with Gasteiger partial charge in [-0.05, 0) is 54.9 Å². The standard InChI is InChI=1S/C30H35F4N3O3SSi/c1-19(37-26(38)39)9-10-28(40-42(5,6)27(2,3)4)11-13-29(14-12-28,30(32,33)34)25-36-18-23(41-25)20-7-8-21-17-35-24(31)16-22(21)15-20/h7-8,11-19,37H,9-10H2,1-6H3,(H,38,39). The summed E-state index contributed by atoms with van der Waals surface area (Å²) >= 11 is 0.923. The molecule has 2 N–H and O–H groups in total. The van der Waals surface area contributed by atoms with Crippen molar-refractivity contribution < 1.29 is 31.9 Å². The van der Waals surface area contributed by atoms with Gasteiger partial charge in [0.1, 0.15) is 5.01 Å². The summed E-state index contributed by atoms with van der Waals surface area (Å²) in [6.45, 7) is 11.9. The van der Waals surface area contributed by atoms with Crippen LogP contribution in [0.3, 0.4) is 0 Å². The zero-order chi connectivity index (χ0) is 31.1. The number of halogens is 4. The van der Waals surface area contributed by atoms with E-state index >= 15 is 0 Å². The van der Waals surface area contributed by atoms with Crippen molar-refractivity contribution >= 4 is 36.5 Å². The van der Waals surface area contributed by atoms with Crippen LogP contribution in [0.25, 0.3) is 21.2 Å². The fourth-order valence-electron chi connectivity index (χ4n) is 4.61. The van der Waals surface area contributed by atoms with Gasteiger partial charge in [0.05, 0.1) is 10.5 Å². The van der Waals surface area contributed by atoms with Gasteiger partial charge in [-0.3, -0.25) is 0 Å². The fraction of sp³-hybridized carbons (Fsp3) is 0.433. The molecule has 1 aliphatic carbocycles. The Balaban J connectivity index is 1.72. The zero-order valence-electron chi connectivity index (χ0n) is 24.3. The van der Waals surface area contributed by atoms with Crippen LogP contribution in [0.2, 0.25) is 18.1 Å². The minimum Gasteiger partial charge on any atom is -0.465 e. The van der Waals surface area contributed by atoms with E-state index in [1.165, 1.54) is 30.6 Å². The number of benzene rings is 1. The molecule has 1 aliphatic rings. The summed E-state index contributed by atoms with van der Waals surface area (Å²) in [5, 5.41) is 12.4. The molecule has 226 valence electrons. The molecule has 4 rings (SSSR count). The summed E-state index contributed by atoms with van der Waals surface area (Å²) in [6.07, 6.45) is 2.78. The van der Waals surface area contributed by atoms with E-state index in [9.17, 15) is 22.4 Å². The van der Waals surface area contributed by atoms with Gasteiger partial charge in [0.15, 0.2) is 13.7 Å². The molecule has 6 nitrogen and oxygen atoms in total. The summed E-state index contributed by atoms with van der Waals surface area (Å²) in [5.74, 6) is -0.644. The number of thiazole rings is 1. The molecule has 0 spiro atoms. The van der Waals surface area contributed by atoms with E-state index in [1.807, 2.05) is 33.9 Å². The topological polar surface area (TPSA) is 84.3 Å². The normalized spacial score (nSPS) is 22.0. The van der Waals surface area contributed by atoms with Crippen LogP contribution in [-0.2, 0) is 9.84 Å². The number of hydrogen-bond acceptors (Lipinski definition) is 5. The number of hydrogen-bond donors (Lipinski definition) is 2. The van der Waals surface area contributed by atoms with Gasteiger partial charge in [-0.25, -0.2) is 14.8 Å². The molecule has 1 unspecified atom stereocenters. The second-order valence-electron chi connectivity index (χ2n) is 12.3. The lowest BCUT2D eigenvalue weighted by molar-refractivity contribution is -0.163. The van der Waals surface area contributed by atoms with Gasteiger partial charge in [0.25, 0.3) is 0 Å². The quantitative estimate of drug-likeness (QED) is 0.114. The molecular formula is C30H35F4N3O3SSi. The zero-order valence-corrected chi connectivity index (χ0v) is 26.2. The second-order valence-corrected chi connectivity index (χ2v) is 18.1. The van der Waals surface area contributed by atoms with Crippen LogP contribution >= 0.6 is 11.3 Å². The lowest BCUT2D eigenvalue weighted by Gasteiger charge is -2.46. The van der Waals surface area contributed by atoms with Gasteiger partial charge in [0, 0.05) is 29.9 Å². The molecule has 1 amide bonds. The first-order chi connectivity index (χ1) is 19.4. The van der Waals surface area contributed by atoms with Gasteiger partial charge in [-0.15, -0.1) is 11.3 Å². The lowest BCUT2D eigenvalue weighted by atomic mass is 9.78. The average molecular weight is 622 g/mol. The Morgan fingerprint density at radius 3 is 2.33 bits per heavy atom. The molecule has 0 saturated heterocycles. The molecule has 3 aromatic rings. The van der Waals surface area contributed by atoms with Crippen LogP contribution in [0.1, 0.15) is 45.5 Å². The highest BCUT2D eigenvalue weighted by atomic mass is 32.1. The maximum atomic E-state index is 14.9. The summed E-state index contributed by atoms with van der Waals surface area (Å²) in [7, 11) is -2.47. The third-order valence-corrected chi connectivity index (χ3v) is 13.8. The SMILES string of the molecule is CC(CCC1(O[Si](C)(C)C(C)(C)C)C=CC(c2ncc(-c3ccc4cnc(F)cc4c3)s2)(C(F)(F)F)C=C1)NC(=O)O. The number of carboxylic acid groups (broad SMARTS) is 1. The minimum atomic E-state index is -4.70. The van der Waals surface area contributed by atoms with Gasteiger partial charge in [-0.1, -0.05) is 57.2 Å². The molecule has 0 fully saturated rings. The van der Waals surface area contributed by atoms with E-state index in [1.54, 1.807) is 25.1 Å². The molecule has 0 radical (unpaired) electrons. The molecular weight excluding hydrogens is 586 g/mol. The number of pyridine rings is 1. The summed E-state index contributed by atoms with van der Waals surface area (Å²) < 4.78 is 65.1. The number of nitrogens with one attached hydrogen (secondary N) is 1. The van der Waals surface area contributed by atoms with Crippen LogP contribution in [0.5, 0.6) is 0 Å². The minimum absolute atomic E-state index is 0.152. The first-order valence-corrected chi connectivity index (χ1v) is 17.3. The van der Waals surface area contributed by atoms with Gasteiger partial charge in [0.2, 0.25) is 5.95 Å². The van der Waals surface area contributed by atoms with Gasteiger partial charge >= 0.3 is 12.3 Å². The summed E-state index contributed by atoms with van der Waals surface area (Å²) in [4.78, 5) is 19.5. The third kappa shape index (κ3) is 6.45. The molecule has 2 heterocycles. The van der Waals surface area contributed by atoms with Gasteiger partial charge in [-0.2, -0.15) is 17.6 Å². The van der Waals surface area contributed by atoms with Crippen molar-refractivity contribution in [3.8, 4) is 10.4 Å². The molecule has 0 aliphatic heterocycles. The summed E-state index contributed by atoms with van der Waals surface area (Å²) in [5.41, 5.74) is -3.01. The maximum absolute atomic E-state index is 14.9. The first-order valence-electron chi connectivity index (χ1n) is 13.6. The number of allylic oxidation sites excluding steroid dienone is 2. The first kappa shape index (κ1) is 31.8. The Kier molecular flexibility index (Phi) is 8.49. The lowest BCUT2D eigenvalue weighted by Crippen LogP contribution is -2.51. The molecule has 42 heavy (non-hydrogen) atoms. The van der Waals surface area contributed by atoms with E-state index in [-0.39, 0.29) is 16.5 Å². The van der Waals surface area contributed by atoms with Crippen molar-refractivity contribution in [1.82, 2.24) is 15.3 Å². The van der Waals surface area contributed by atoms with Crippen LogP contribution in [0.15, 0.2) is 61.0 Å². The Labute approximate surface area is 247 Å². The number of rotatable bonds is 8. The Morgan fingerprint density at radius 2 is 1.74 bits per heavy atom. The second kappa shape index (κ2) is 11.2. The maximum Gasteiger partial charge on any atom is 0.407 e. The number of fused-ring (bicyclic) bond motifs is 1. The predicted molar refractivity (Wildman–Crippen MR) is 160 cm³/mol. The molecule has 2 aromatic heterocycles. The monoisotopic (exact) mass is 621 g/mol. The number of alkyl halides is 3.